The van der Waals surface area contributed by atoms with E-state index in [2.05, 4.69) is 49.6 Å². The number of aromatic nitrogens is 3. The first kappa shape index (κ1) is 18.2. The van der Waals surface area contributed by atoms with Crippen LogP contribution in [0.3, 0.4) is 0 Å². The van der Waals surface area contributed by atoms with Gasteiger partial charge in [-0.2, -0.15) is 0 Å². The predicted molar refractivity (Wildman–Crippen MR) is 106 cm³/mol. The summed E-state index contributed by atoms with van der Waals surface area (Å²) in [6.45, 7) is 11.4. The van der Waals surface area contributed by atoms with Crippen molar-refractivity contribution in [3.63, 3.8) is 0 Å². The fraction of sp³-hybridized carbons (Fsp3) is 0.650. The van der Waals surface area contributed by atoms with Gasteiger partial charge in [0.25, 0.3) is 0 Å². The Morgan fingerprint density at radius 2 is 1.56 bits per heavy atom. The van der Waals surface area contributed by atoms with E-state index in [-0.39, 0.29) is 0 Å². The number of hydrogen-bond acceptors (Lipinski definition) is 7. The van der Waals surface area contributed by atoms with E-state index < -0.39 is 0 Å². The maximum absolute atomic E-state index is 5.56. The lowest BCUT2D eigenvalue weighted by molar-refractivity contribution is 0.245. The van der Waals surface area contributed by atoms with Gasteiger partial charge in [-0.1, -0.05) is 13.8 Å². The van der Waals surface area contributed by atoms with E-state index in [0.717, 1.165) is 68.9 Å². The molecule has 0 aromatic carbocycles. The standard InChI is InChI=1S/C20H30N6O/c1-16(2)20-17(23-15-27-20)13-24-8-10-26(11-9-24)19-12-18(21-14-22-19)25-6-4-3-5-7-25/h12,14-16H,3-11,13H2,1-2H3. The highest BCUT2D eigenvalue weighted by molar-refractivity contribution is 5.50. The molecule has 0 bridgehead atoms. The zero-order valence-corrected chi connectivity index (χ0v) is 16.5. The second-order valence-electron chi connectivity index (χ2n) is 7.86. The van der Waals surface area contributed by atoms with Crippen molar-refractivity contribution in [2.24, 2.45) is 0 Å². The van der Waals surface area contributed by atoms with Crippen molar-refractivity contribution in [3.05, 3.63) is 30.2 Å². The average Bonchev–Trinajstić information content (AvgIpc) is 3.18. The van der Waals surface area contributed by atoms with Gasteiger partial charge < -0.3 is 14.2 Å². The summed E-state index contributed by atoms with van der Waals surface area (Å²) in [5.74, 6) is 3.51. The molecule has 0 N–H and O–H groups in total. The van der Waals surface area contributed by atoms with E-state index in [4.69, 9.17) is 4.42 Å². The van der Waals surface area contributed by atoms with Gasteiger partial charge in [0.2, 0.25) is 0 Å². The molecule has 0 atom stereocenters. The van der Waals surface area contributed by atoms with Crippen molar-refractivity contribution in [2.45, 2.75) is 45.6 Å². The fourth-order valence-electron chi connectivity index (χ4n) is 4.02. The van der Waals surface area contributed by atoms with E-state index in [1.54, 1.807) is 12.7 Å². The van der Waals surface area contributed by atoms with Gasteiger partial charge >= 0.3 is 0 Å². The summed E-state index contributed by atoms with van der Waals surface area (Å²) in [5.41, 5.74) is 1.08. The minimum absolute atomic E-state index is 0.373. The number of rotatable bonds is 5. The summed E-state index contributed by atoms with van der Waals surface area (Å²) in [6.07, 6.45) is 7.15. The van der Waals surface area contributed by atoms with Crippen LogP contribution in [0, 0.1) is 0 Å². The smallest absolute Gasteiger partial charge is 0.181 e. The van der Waals surface area contributed by atoms with Gasteiger partial charge in [0, 0.05) is 57.8 Å². The van der Waals surface area contributed by atoms with Crippen molar-refractivity contribution >= 4 is 11.6 Å². The largest absolute Gasteiger partial charge is 0.448 e. The molecule has 2 aromatic rings. The lowest BCUT2D eigenvalue weighted by atomic mass is 10.1. The van der Waals surface area contributed by atoms with Gasteiger partial charge in [-0.3, -0.25) is 4.90 Å². The summed E-state index contributed by atoms with van der Waals surface area (Å²) in [4.78, 5) is 20.7. The highest BCUT2D eigenvalue weighted by Gasteiger charge is 2.22. The highest BCUT2D eigenvalue weighted by atomic mass is 16.3. The van der Waals surface area contributed by atoms with Gasteiger partial charge in [0.05, 0.1) is 5.69 Å². The number of anilines is 2. The molecule has 27 heavy (non-hydrogen) atoms. The first-order chi connectivity index (χ1) is 13.2. The molecule has 7 nitrogen and oxygen atoms in total. The van der Waals surface area contributed by atoms with Crippen LogP contribution in [-0.2, 0) is 6.54 Å². The van der Waals surface area contributed by atoms with Gasteiger partial charge in [0.15, 0.2) is 6.39 Å². The van der Waals surface area contributed by atoms with Crippen LogP contribution in [0.5, 0.6) is 0 Å². The van der Waals surface area contributed by atoms with Gasteiger partial charge in [-0.15, -0.1) is 0 Å². The Bertz CT molecular complexity index is 732. The topological polar surface area (TPSA) is 61.5 Å². The normalized spacial score (nSPS) is 19.1. The number of piperidine rings is 1. The molecule has 0 radical (unpaired) electrons. The third-order valence-electron chi connectivity index (χ3n) is 5.58. The molecule has 2 aromatic heterocycles. The Morgan fingerprint density at radius 3 is 2.22 bits per heavy atom. The number of oxazole rings is 1. The Kier molecular flexibility index (Phi) is 5.57. The molecule has 0 amide bonds. The first-order valence-electron chi connectivity index (χ1n) is 10.2. The maximum Gasteiger partial charge on any atom is 0.181 e. The van der Waals surface area contributed by atoms with E-state index in [1.807, 2.05) is 0 Å². The van der Waals surface area contributed by atoms with Crippen LogP contribution in [-0.4, -0.2) is 59.1 Å². The molecule has 146 valence electrons. The fourth-order valence-corrected chi connectivity index (χ4v) is 4.02. The van der Waals surface area contributed by atoms with Crippen LogP contribution in [0.2, 0.25) is 0 Å². The van der Waals surface area contributed by atoms with E-state index >= 15 is 0 Å². The first-order valence-corrected chi connectivity index (χ1v) is 10.2. The number of nitrogens with zero attached hydrogens (tertiary/aromatic N) is 6. The molecule has 0 unspecified atom stereocenters. The minimum Gasteiger partial charge on any atom is -0.448 e. The quantitative estimate of drug-likeness (QED) is 0.802. The van der Waals surface area contributed by atoms with Crippen LogP contribution in [0.1, 0.15) is 50.5 Å². The maximum atomic E-state index is 5.56. The molecule has 4 heterocycles. The Labute approximate surface area is 161 Å². The molecule has 0 spiro atoms. The molecule has 7 heteroatoms. The Hall–Kier alpha value is -2.15. The van der Waals surface area contributed by atoms with Gasteiger partial charge in [-0.25, -0.2) is 15.0 Å². The van der Waals surface area contributed by atoms with Crippen molar-refractivity contribution < 1.29 is 4.42 Å². The molecule has 2 fully saturated rings. The van der Waals surface area contributed by atoms with E-state index in [9.17, 15) is 0 Å². The number of hydrogen-bond donors (Lipinski definition) is 0. The lowest BCUT2D eigenvalue weighted by Gasteiger charge is -2.35. The predicted octanol–water partition coefficient (Wildman–Crippen LogP) is 2.90. The summed E-state index contributed by atoms with van der Waals surface area (Å²) >= 11 is 0. The van der Waals surface area contributed by atoms with E-state index in [1.165, 1.54) is 19.3 Å². The van der Waals surface area contributed by atoms with Gasteiger partial charge in [-0.05, 0) is 19.3 Å². The van der Waals surface area contributed by atoms with Crippen LogP contribution in [0.4, 0.5) is 11.6 Å². The van der Waals surface area contributed by atoms with Crippen molar-refractivity contribution in [3.8, 4) is 0 Å². The summed E-state index contributed by atoms with van der Waals surface area (Å²) in [6, 6.07) is 2.16. The van der Waals surface area contributed by atoms with E-state index in [0.29, 0.717) is 5.92 Å². The van der Waals surface area contributed by atoms with Crippen LogP contribution in [0.15, 0.2) is 23.2 Å². The molecular weight excluding hydrogens is 340 g/mol. The Morgan fingerprint density at radius 1 is 0.889 bits per heavy atom. The van der Waals surface area contributed by atoms with Crippen molar-refractivity contribution in [1.29, 1.82) is 0 Å². The third kappa shape index (κ3) is 4.24. The van der Waals surface area contributed by atoms with Crippen LogP contribution >= 0.6 is 0 Å². The lowest BCUT2D eigenvalue weighted by Crippen LogP contribution is -2.46. The zero-order valence-electron chi connectivity index (χ0n) is 16.5. The molecular formula is C20H30N6O. The molecule has 2 saturated heterocycles. The van der Waals surface area contributed by atoms with Gasteiger partial charge in [0.1, 0.15) is 23.7 Å². The highest BCUT2D eigenvalue weighted by Crippen LogP contribution is 2.23. The third-order valence-corrected chi connectivity index (χ3v) is 5.58. The second-order valence-corrected chi connectivity index (χ2v) is 7.86. The zero-order chi connectivity index (χ0) is 18.6. The van der Waals surface area contributed by atoms with Crippen LogP contribution < -0.4 is 9.80 Å². The minimum atomic E-state index is 0.373. The van der Waals surface area contributed by atoms with Crippen LogP contribution in [0.25, 0.3) is 0 Å². The van der Waals surface area contributed by atoms with Crippen molar-refractivity contribution in [1.82, 2.24) is 19.9 Å². The Balaban J connectivity index is 1.36. The molecule has 2 aliphatic rings. The molecule has 2 aliphatic heterocycles. The van der Waals surface area contributed by atoms with Crippen molar-refractivity contribution in [2.75, 3.05) is 49.1 Å². The summed E-state index contributed by atoms with van der Waals surface area (Å²) in [7, 11) is 0. The summed E-state index contributed by atoms with van der Waals surface area (Å²) in [5, 5.41) is 0. The SMILES string of the molecule is CC(C)c1ocnc1CN1CCN(c2cc(N3CCCCC3)ncn2)CC1. The second kappa shape index (κ2) is 8.25. The average molecular weight is 371 g/mol. The molecule has 0 saturated carbocycles. The monoisotopic (exact) mass is 370 g/mol. The summed E-state index contributed by atoms with van der Waals surface area (Å²) < 4.78 is 5.56. The molecule has 4 rings (SSSR count). The number of piperazine rings is 1. The molecule has 0 aliphatic carbocycles.